The number of hydrogen-bond acceptors (Lipinski definition) is 4. The lowest BCUT2D eigenvalue weighted by Gasteiger charge is -2.16. The highest BCUT2D eigenvalue weighted by Gasteiger charge is 2.18. The molecule has 0 aliphatic heterocycles. The number of aryl methyl sites for hydroxylation is 1. The predicted octanol–water partition coefficient (Wildman–Crippen LogP) is 2.02. The zero-order valence-corrected chi connectivity index (χ0v) is 15.1. The minimum atomic E-state index is -0.545. The Kier molecular flexibility index (Phi) is 6.36. The molecule has 0 bridgehead atoms. The predicted molar refractivity (Wildman–Crippen MR) is 103 cm³/mol. The zero-order chi connectivity index (χ0) is 19.3. The Morgan fingerprint density at radius 1 is 1.19 bits per heavy atom. The van der Waals surface area contributed by atoms with Crippen molar-refractivity contribution in [3.8, 4) is 11.1 Å². The fraction of sp³-hybridized carbons (Fsp3) is 0.300. The van der Waals surface area contributed by atoms with Crippen molar-refractivity contribution in [1.29, 1.82) is 0 Å². The van der Waals surface area contributed by atoms with E-state index in [2.05, 4.69) is 5.32 Å². The van der Waals surface area contributed by atoms with Crippen LogP contribution in [0, 0.1) is 6.92 Å². The van der Waals surface area contributed by atoms with Crippen LogP contribution in [0.15, 0.2) is 30.3 Å². The SMILES string of the molecule is CCc1cc(-c2ccc(C(=O)NCCCO)cc2)c(N)c(C(N)=O)c1C. The average molecular weight is 355 g/mol. The van der Waals surface area contributed by atoms with Gasteiger partial charge >= 0.3 is 0 Å². The normalized spacial score (nSPS) is 10.6. The van der Waals surface area contributed by atoms with Gasteiger partial charge in [0.2, 0.25) is 0 Å². The van der Waals surface area contributed by atoms with Gasteiger partial charge in [0, 0.05) is 24.3 Å². The van der Waals surface area contributed by atoms with Crippen LogP contribution < -0.4 is 16.8 Å². The number of nitrogen functional groups attached to an aromatic ring is 1. The molecule has 0 heterocycles. The van der Waals surface area contributed by atoms with Crippen molar-refractivity contribution in [3.63, 3.8) is 0 Å². The van der Waals surface area contributed by atoms with E-state index < -0.39 is 5.91 Å². The summed E-state index contributed by atoms with van der Waals surface area (Å²) in [5.41, 5.74) is 16.3. The highest BCUT2D eigenvalue weighted by Crippen LogP contribution is 2.33. The number of amides is 2. The Morgan fingerprint density at radius 2 is 1.85 bits per heavy atom. The minimum Gasteiger partial charge on any atom is -0.398 e. The molecule has 6 N–H and O–H groups in total. The summed E-state index contributed by atoms with van der Waals surface area (Å²) in [6.45, 7) is 4.31. The number of primary amides is 1. The van der Waals surface area contributed by atoms with Gasteiger partial charge in [0.05, 0.1) is 11.3 Å². The van der Waals surface area contributed by atoms with Crippen molar-refractivity contribution in [3.05, 3.63) is 52.6 Å². The first-order valence-corrected chi connectivity index (χ1v) is 8.61. The standard InChI is InChI=1S/C20H25N3O3/c1-3-13-11-16(18(21)17(12(13)2)19(22)25)14-5-7-15(8-6-14)20(26)23-9-4-10-24/h5-8,11,24H,3-4,9-10,21H2,1-2H3,(H2,22,25)(H,23,26). The van der Waals surface area contributed by atoms with Gasteiger partial charge in [-0.1, -0.05) is 19.1 Å². The highest BCUT2D eigenvalue weighted by atomic mass is 16.3. The maximum atomic E-state index is 12.0. The number of rotatable bonds is 7. The monoisotopic (exact) mass is 355 g/mol. The Bertz CT molecular complexity index is 814. The van der Waals surface area contributed by atoms with Gasteiger partial charge in [0.25, 0.3) is 11.8 Å². The molecule has 0 spiro atoms. The quantitative estimate of drug-likeness (QED) is 0.449. The highest BCUT2D eigenvalue weighted by molar-refractivity contribution is 6.03. The second-order valence-corrected chi connectivity index (χ2v) is 6.13. The van der Waals surface area contributed by atoms with Crippen LogP contribution in [0.5, 0.6) is 0 Å². The molecule has 0 radical (unpaired) electrons. The molecule has 2 aromatic rings. The maximum absolute atomic E-state index is 12.0. The van der Waals surface area contributed by atoms with E-state index in [0.29, 0.717) is 29.8 Å². The zero-order valence-electron chi connectivity index (χ0n) is 15.1. The molecule has 0 saturated heterocycles. The summed E-state index contributed by atoms with van der Waals surface area (Å²) in [6.07, 6.45) is 1.27. The molecular weight excluding hydrogens is 330 g/mol. The van der Waals surface area contributed by atoms with Crippen LogP contribution in [0.4, 0.5) is 5.69 Å². The average Bonchev–Trinajstić information content (AvgIpc) is 2.62. The van der Waals surface area contributed by atoms with Gasteiger partial charge in [-0.3, -0.25) is 9.59 Å². The molecule has 0 aliphatic carbocycles. The number of aliphatic hydroxyl groups excluding tert-OH is 1. The topological polar surface area (TPSA) is 118 Å². The Morgan fingerprint density at radius 3 is 2.38 bits per heavy atom. The Balaban J connectivity index is 2.38. The molecule has 0 unspecified atom stereocenters. The molecule has 6 heteroatoms. The molecule has 0 atom stereocenters. The third-order valence-corrected chi connectivity index (χ3v) is 4.44. The van der Waals surface area contributed by atoms with Crippen molar-refractivity contribution in [2.24, 2.45) is 5.73 Å². The van der Waals surface area contributed by atoms with Crippen LogP contribution in [-0.4, -0.2) is 30.1 Å². The van der Waals surface area contributed by atoms with Crippen LogP contribution in [0.3, 0.4) is 0 Å². The fourth-order valence-corrected chi connectivity index (χ4v) is 2.97. The van der Waals surface area contributed by atoms with Crippen LogP contribution in [0.1, 0.15) is 45.2 Å². The molecule has 2 amide bonds. The van der Waals surface area contributed by atoms with Crippen LogP contribution >= 0.6 is 0 Å². The smallest absolute Gasteiger partial charge is 0.251 e. The van der Waals surface area contributed by atoms with Crippen molar-refractivity contribution < 1.29 is 14.7 Å². The molecule has 2 aromatic carbocycles. The Labute approximate surface area is 153 Å². The van der Waals surface area contributed by atoms with Gasteiger partial charge in [0.15, 0.2) is 0 Å². The lowest BCUT2D eigenvalue weighted by Crippen LogP contribution is -2.24. The van der Waals surface area contributed by atoms with Gasteiger partial charge in [-0.25, -0.2) is 0 Å². The molecule has 0 aliphatic rings. The first-order chi connectivity index (χ1) is 12.4. The van der Waals surface area contributed by atoms with E-state index in [9.17, 15) is 9.59 Å². The van der Waals surface area contributed by atoms with E-state index in [1.807, 2.05) is 19.9 Å². The van der Waals surface area contributed by atoms with Crippen molar-refractivity contribution in [2.75, 3.05) is 18.9 Å². The van der Waals surface area contributed by atoms with Crippen LogP contribution in [0.2, 0.25) is 0 Å². The number of aliphatic hydroxyl groups is 1. The summed E-state index contributed by atoms with van der Waals surface area (Å²) in [7, 11) is 0. The van der Waals surface area contributed by atoms with Crippen LogP contribution in [-0.2, 0) is 6.42 Å². The summed E-state index contributed by atoms with van der Waals surface area (Å²) in [4.78, 5) is 23.9. The second-order valence-electron chi connectivity index (χ2n) is 6.13. The van der Waals surface area contributed by atoms with Gasteiger partial charge < -0.3 is 21.9 Å². The van der Waals surface area contributed by atoms with Gasteiger partial charge in [-0.15, -0.1) is 0 Å². The summed E-state index contributed by atoms with van der Waals surface area (Å²) < 4.78 is 0. The summed E-state index contributed by atoms with van der Waals surface area (Å²) >= 11 is 0. The first-order valence-electron chi connectivity index (χ1n) is 8.61. The molecule has 2 rings (SSSR count). The van der Waals surface area contributed by atoms with E-state index in [1.165, 1.54) is 0 Å². The van der Waals surface area contributed by atoms with E-state index in [-0.39, 0.29) is 12.5 Å². The largest absolute Gasteiger partial charge is 0.398 e. The Hall–Kier alpha value is -2.86. The molecule has 0 saturated carbocycles. The summed E-state index contributed by atoms with van der Waals surface area (Å²) in [5.74, 6) is -0.745. The number of nitrogens with two attached hydrogens (primary N) is 2. The maximum Gasteiger partial charge on any atom is 0.251 e. The van der Waals surface area contributed by atoms with Gasteiger partial charge in [0.1, 0.15) is 0 Å². The van der Waals surface area contributed by atoms with Gasteiger partial charge in [-0.2, -0.15) is 0 Å². The third-order valence-electron chi connectivity index (χ3n) is 4.44. The molecule has 138 valence electrons. The molecule has 0 fully saturated rings. The number of anilines is 1. The van der Waals surface area contributed by atoms with Gasteiger partial charge in [-0.05, 0) is 54.7 Å². The molecule has 6 nitrogen and oxygen atoms in total. The van der Waals surface area contributed by atoms with Crippen molar-refractivity contribution >= 4 is 17.5 Å². The van der Waals surface area contributed by atoms with Crippen molar-refractivity contribution in [2.45, 2.75) is 26.7 Å². The first kappa shape index (κ1) is 19.5. The number of carbonyl (C=O) groups is 2. The lowest BCUT2D eigenvalue weighted by atomic mass is 9.91. The minimum absolute atomic E-state index is 0.0356. The molecular formula is C20H25N3O3. The van der Waals surface area contributed by atoms with E-state index >= 15 is 0 Å². The van der Waals surface area contributed by atoms with Crippen molar-refractivity contribution in [1.82, 2.24) is 5.32 Å². The molecule has 26 heavy (non-hydrogen) atoms. The second kappa shape index (κ2) is 8.49. The number of benzene rings is 2. The van der Waals surface area contributed by atoms with E-state index in [4.69, 9.17) is 16.6 Å². The van der Waals surface area contributed by atoms with E-state index in [0.717, 1.165) is 28.7 Å². The lowest BCUT2D eigenvalue weighted by molar-refractivity contribution is 0.0949. The van der Waals surface area contributed by atoms with E-state index in [1.54, 1.807) is 24.3 Å². The number of nitrogens with one attached hydrogen (secondary N) is 1. The number of hydrogen-bond donors (Lipinski definition) is 4. The summed E-state index contributed by atoms with van der Waals surface area (Å²) in [5, 5.41) is 11.5. The summed E-state index contributed by atoms with van der Waals surface area (Å²) in [6, 6.07) is 8.97. The van der Waals surface area contributed by atoms with Crippen LogP contribution in [0.25, 0.3) is 11.1 Å². The third kappa shape index (κ3) is 4.03. The molecule has 0 aromatic heterocycles. The number of carbonyl (C=O) groups excluding carboxylic acids is 2. The fourth-order valence-electron chi connectivity index (χ4n) is 2.97.